The molecular formula is C27H41BrO2. The van der Waals surface area contributed by atoms with Gasteiger partial charge in [0.1, 0.15) is 11.5 Å². The van der Waals surface area contributed by atoms with Gasteiger partial charge in [-0.3, -0.25) is 0 Å². The van der Waals surface area contributed by atoms with E-state index < -0.39 is 0 Å². The molecule has 0 amide bonds. The summed E-state index contributed by atoms with van der Waals surface area (Å²) in [5.74, 6) is 2.03. The van der Waals surface area contributed by atoms with Crippen LogP contribution in [-0.4, -0.2) is 18.5 Å². The second-order valence-corrected chi connectivity index (χ2v) is 8.99. The minimum atomic E-state index is 0.813. The van der Waals surface area contributed by atoms with Gasteiger partial charge >= 0.3 is 0 Å². The molecule has 0 aliphatic rings. The molecule has 0 bridgehead atoms. The zero-order chi connectivity index (χ0) is 21.4. The summed E-state index contributed by atoms with van der Waals surface area (Å²) in [5.41, 5.74) is 1.32. The number of halogens is 1. The molecule has 3 heteroatoms. The van der Waals surface area contributed by atoms with Gasteiger partial charge in [0, 0.05) is 10.9 Å². The Morgan fingerprint density at radius 1 is 0.700 bits per heavy atom. The van der Waals surface area contributed by atoms with Crippen LogP contribution in [0.15, 0.2) is 30.3 Å². The Hall–Kier alpha value is -1.22. The van der Waals surface area contributed by atoms with Crippen molar-refractivity contribution in [2.24, 2.45) is 0 Å². The lowest BCUT2D eigenvalue weighted by Gasteiger charge is -2.14. The van der Waals surface area contributed by atoms with Crippen LogP contribution < -0.4 is 9.47 Å². The molecule has 0 aliphatic heterocycles. The van der Waals surface area contributed by atoms with Crippen LogP contribution in [0, 0.1) is 0 Å². The Morgan fingerprint density at radius 2 is 1.37 bits per heavy atom. The number of hydrogen-bond donors (Lipinski definition) is 0. The number of benzene rings is 2. The molecule has 30 heavy (non-hydrogen) atoms. The second-order valence-electron chi connectivity index (χ2n) is 8.20. The first-order valence-electron chi connectivity index (χ1n) is 12.2. The third-order valence-corrected chi connectivity index (χ3v) is 6.28. The lowest BCUT2D eigenvalue weighted by molar-refractivity contribution is 0.302. The number of aryl methyl sites for hydroxylation is 1. The van der Waals surface area contributed by atoms with Crippen molar-refractivity contribution in [1.29, 1.82) is 0 Å². The van der Waals surface area contributed by atoms with Gasteiger partial charge in [0.25, 0.3) is 0 Å². The van der Waals surface area contributed by atoms with E-state index in [0.29, 0.717) is 0 Å². The summed E-state index contributed by atoms with van der Waals surface area (Å²) < 4.78 is 12.2. The maximum atomic E-state index is 6.17. The summed E-state index contributed by atoms with van der Waals surface area (Å²) >= 11 is 3.50. The molecule has 0 unspecified atom stereocenters. The molecule has 0 radical (unpaired) electrons. The summed E-state index contributed by atoms with van der Waals surface area (Å²) in [5, 5.41) is 3.67. The molecule has 0 atom stereocenters. The summed E-state index contributed by atoms with van der Waals surface area (Å²) in [6.07, 6.45) is 15.0. The SMILES string of the molecule is CCCCCCCOc1ccc2c(CC)c(OCCCCCCCCBr)ccc2c1. The highest BCUT2D eigenvalue weighted by Gasteiger charge is 2.08. The summed E-state index contributed by atoms with van der Waals surface area (Å²) in [6, 6.07) is 10.8. The number of hydrogen-bond acceptors (Lipinski definition) is 2. The summed E-state index contributed by atoms with van der Waals surface area (Å²) in [4.78, 5) is 0. The van der Waals surface area contributed by atoms with E-state index in [-0.39, 0.29) is 0 Å². The first-order valence-corrected chi connectivity index (χ1v) is 13.3. The first-order chi connectivity index (χ1) is 14.8. The summed E-state index contributed by atoms with van der Waals surface area (Å²) in [6.45, 7) is 6.09. The standard InChI is InChI=1S/C27H41BrO2/c1-3-5-6-10-13-20-29-24-16-17-26-23(22-24)15-18-27(25(26)4-2)30-21-14-11-8-7-9-12-19-28/h15-18,22H,3-14,19-21H2,1-2H3. The number of ether oxygens (including phenoxy) is 2. The average molecular weight is 478 g/mol. The van der Waals surface area contributed by atoms with Gasteiger partial charge in [-0.15, -0.1) is 0 Å². The van der Waals surface area contributed by atoms with E-state index in [1.807, 2.05) is 0 Å². The monoisotopic (exact) mass is 476 g/mol. The van der Waals surface area contributed by atoms with Crippen LogP contribution in [0.5, 0.6) is 11.5 Å². The quantitative estimate of drug-likeness (QED) is 0.167. The van der Waals surface area contributed by atoms with Crippen molar-refractivity contribution in [1.82, 2.24) is 0 Å². The number of fused-ring (bicyclic) bond motifs is 1. The zero-order valence-electron chi connectivity index (χ0n) is 19.2. The van der Waals surface area contributed by atoms with Gasteiger partial charge in [-0.2, -0.15) is 0 Å². The second kappa shape index (κ2) is 15.6. The minimum Gasteiger partial charge on any atom is -0.494 e. The van der Waals surface area contributed by atoms with E-state index in [4.69, 9.17) is 9.47 Å². The predicted octanol–water partition coefficient (Wildman–Crippen LogP) is 8.87. The predicted molar refractivity (Wildman–Crippen MR) is 135 cm³/mol. The van der Waals surface area contributed by atoms with Crippen LogP contribution in [0.25, 0.3) is 10.8 Å². The molecule has 168 valence electrons. The van der Waals surface area contributed by atoms with Crippen LogP contribution in [-0.2, 0) is 6.42 Å². The van der Waals surface area contributed by atoms with Crippen LogP contribution in [0.3, 0.4) is 0 Å². The molecule has 2 aromatic rings. The molecular weight excluding hydrogens is 436 g/mol. The van der Waals surface area contributed by atoms with Gasteiger partial charge in [0.05, 0.1) is 13.2 Å². The number of alkyl halides is 1. The number of rotatable bonds is 17. The van der Waals surface area contributed by atoms with Crippen molar-refractivity contribution in [2.75, 3.05) is 18.5 Å². The van der Waals surface area contributed by atoms with Crippen LogP contribution >= 0.6 is 15.9 Å². The van der Waals surface area contributed by atoms with Crippen molar-refractivity contribution in [3.63, 3.8) is 0 Å². The largest absolute Gasteiger partial charge is 0.494 e. The first kappa shape index (κ1) is 25.0. The van der Waals surface area contributed by atoms with E-state index in [0.717, 1.165) is 49.3 Å². The third-order valence-electron chi connectivity index (χ3n) is 5.72. The van der Waals surface area contributed by atoms with Crippen molar-refractivity contribution in [3.05, 3.63) is 35.9 Å². The highest BCUT2D eigenvalue weighted by molar-refractivity contribution is 9.09. The molecule has 0 saturated heterocycles. The lowest BCUT2D eigenvalue weighted by atomic mass is 10.0. The molecule has 0 heterocycles. The van der Waals surface area contributed by atoms with Crippen molar-refractivity contribution in [2.45, 2.75) is 90.9 Å². The van der Waals surface area contributed by atoms with Gasteiger partial charge in [-0.1, -0.05) is 93.3 Å². The Morgan fingerprint density at radius 3 is 2.07 bits per heavy atom. The van der Waals surface area contributed by atoms with Crippen molar-refractivity contribution >= 4 is 26.7 Å². The Bertz CT molecular complexity index is 713. The Labute approximate surface area is 192 Å². The van der Waals surface area contributed by atoms with E-state index >= 15 is 0 Å². The molecule has 0 N–H and O–H groups in total. The van der Waals surface area contributed by atoms with Crippen LogP contribution in [0.4, 0.5) is 0 Å². The summed E-state index contributed by atoms with van der Waals surface area (Å²) in [7, 11) is 0. The lowest BCUT2D eigenvalue weighted by Crippen LogP contribution is -2.01. The fraction of sp³-hybridized carbons (Fsp3) is 0.630. The molecule has 0 spiro atoms. The highest BCUT2D eigenvalue weighted by Crippen LogP contribution is 2.31. The third kappa shape index (κ3) is 8.88. The van der Waals surface area contributed by atoms with Crippen molar-refractivity contribution < 1.29 is 9.47 Å². The fourth-order valence-corrected chi connectivity index (χ4v) is 4.32. The molecule has 2 rings (SSSR count). The van der Waals surface area contributed by atoms with E-state index in [9.17, 15) is 0 Å². The normalized spacial score (nSPS) is 11.2. The van der Waals surface area contributed by atoms with E-state index in [1.165, 1.54) is 74.1 Å². The molecule has 0 aromatic heterocycles. The minimum absolute atomic E-state index is 0.813. The van der Waals surface area contributed by atoms with Gasteiger partial charge in [0.2, 0.25) is 0 Å². The molecule has 2 aromatic carbocycles. The van der Waals surface area contributed by atoms with Gasteiger partial charge in [0.15, 0.2) is 0 Å². The van der Waals surface area contributed by atoms with E-state index in [1.54, 1.807) is 0 Å². The van der Waals surface area contributed by atoms with Gasteiger partial charge < -0.3 is 9.47 Å². The molecule has 0 fully saturated rings. The molecule has 0 saturated carbocycles. The molecule has 2 nitrogen and oxygen atoms in total. The smallest absolute Gasteiger partial charge is 0.123 e. The van der Waals surface area contributed by atoms with Crippen molar-refractivity contribution in [3.8, 4) is 11.5 Å². The maximum absolute atomic E-state index is 6.17. The van der Waals surface area contributed by atoms with Crippen LogP contribution in [0.1, 0.15) is 90.0 Å². The maximum Gasteiger partial charge on any atom is 0.123 e. The zero-order valence-corrected chi connectivity index (χ0v) is 20.8. The Balaban J connectivity index is 1.83. The number of unbranched alkanes of at least 4 members (excludes halogenated alkanes) is 9. The molecule has 0 aliphatic carbocycles. The van der Waals surface area contributed by atoms with E-state index in [2.05, 4.69) is 60.1 Å². The average Bonchev–Trinajstić information content (AvgIpc) is 2.77. The van der Waals surface area contributed by atoms with Gasteiger partial charge in [-0.25, -0.2) is 0 Å². The highest BCUT2D eigenvalue weighted by atomic mass is 79.9. The van der Waals surface area contributed by atoms with Gasteiger partial charge in [-0.05, 0) is 54.7 Å². The fourth-order valence-electron chi connectivity index (χ4n) is 3.92. The Kier molecular flexibility index (Phi) is 13.0. The topological polar surface area (TPSA) is 18.5 Å². The van der Waals surface area contributed by atoms with Crippen LogP contribution in [0.2, 0.25) is 0 Å².